The second kappa shape index (κ2) is 6.74. The van der Waals surface area contributed by atoms with Crippen LogP contribution in [-0.2, 0) is 24.2 Å². The van der Waals surface area contributed by atoms with Gasteiger partial charge >= 0.3 is 5.97 Å². The topological polar surface area (TPSA) is 101 Å². The first-order valence-corrected chi connectivity index (χ1v) is 9.03. The Morgan fingerprint density at radius 2 is 2.10 bits per heavy atom. The molecule has 0 radical (unpaired) electrons. The maximum absolute atomic E-state index is 12.2. The standard InChI is InChI=1S/C13H21NO6S/c15-12(4-3-11-2-1-6-20-11)14-5-7-21(18,19)9-10(14)8-13(16)17/h10-11H,1-9H2,(H,16,17). The van der Waals surface area contributed by atoms with Crippen molar-refractivity contribution in [1.82, 2.24) is 4.90 Å². The fraction of sp³-hybridized carbons (Fsp3) is 0.846. The van der Waals surface area contributed by atoms with Gasteiger partial charge in [0.2, 0.25) is 5.91 Å². The first-order valence-electron chi connectivity index (χ1n) is 7.21. The van der Waals surface area contributed by atoms with Crippen LogP contribution in [0.4, 0.5) is 0 Å². The predicted octanol–water partition coefficient (Wildman–Crippen LogP) is 0.0459. The van der Waals surface area contributed by atoms with E-state index in [1.807, 2.05) is 0 Å². The fourth-order valence-corrected chi connectivity index (χ4v) is 4.41. The first kappa shape index (κ1) is 16.2. The van der Waals surface area contributed by atoms with Crippen molar-refractivity contribution in [2.24, 2.45) is 0 Å². The van der Waals surface area contributed by atoms with E-state index < -0.39 is 21.8 Å². The quantitative estimate of drug-likeness (QED) is 0.768. The number of hydrogen-bond donors (Lipinski definition) is 1. The van der Waals surface area contributed by atoms with Crippen molar-refractivity contribution in [2.75, 3.05) is 24.7 Å². The molecule has 1 amide bonds. The average molecular weight is 319 g/mol. The molecule has 1 N–H and O–H groups in total. The van der Waals surface area contributed by atoms with Crippen LogP contribution in [-0.4, -0.2) is 67.1 Å². The molecular formula is C13H21NO6S. The first-order chi connectivity index (χ1) is 9.87. The van der Waals surface area contributed by atoms with E-state index in [-0.39, 0.29) is 42.9 Å². The van der Waals surface area contributed by atoms with Gasteiger partial charge in [0.15, 0.2) is 9.84 Å². The number of nitrogens with zero attached hydrogens (tertiary/aromatic N) is 1. The van der Waals surface area contributed by atoms with Crippen LogP contribution in [0.25, 0.3) is 0 Å². The van der Waals surface area contributed by atoms with Gasteiger partial charge in [-0.3, -0.25) is 9.59 Å². The number of amides is 1. The molecule has 2 aliphatic rings. The molecule has 0 spiro atoms. The monoisotopic (exact) mass is 319 g/mol. The van der Waals surface area contributed by atoms with Gasteiger partial charge in [-0.25, -0.2) is 8.42 Å². The van der Waals surface area contributed by atoms with E-state index in [9.17, 15) is 18.0 Å². The number of rotatable bonds is 5. The summed E-state index contributed by atoms with van der Waals surface area (Å²) in [4.78, 5) is 24.5. The summed E-state index contributed by atoms with van der Waals surface area (Å²) in [6.07, 6.45) is 2.61. The number of aliphatic carboxylic acids is 1. The Morgan fingerprint density at radius 3 is 2.71 bits per heavy atom. The Kier molecular flexibility index (Phi) is 5.21. The summed E-state index contributed by atoms with van der Waals surface area (Å²) < 4.78 is 28.7. The maximum atomic E-state index is 12.2. The van der Waals surface area contributed by atoms with Crippen LogP contribution in [0.1, 0.15) is 32.1 Å². The number of ether oxygens (including phenoxy) is 1. The van der Waals surface area contributed by atoms with E-state index in [2.05, 4.69) is 0 Å². The van der Waals surface area contributed by atoms with Gasteiger partial charge in [-0.05, 0) is 19.3 Å². The number of carboxylic acid groups (broad SMARTS) is 1. The minimum Gasteiger partial charge on any atom is -0.481 e. The zero-order valence-electron chi connectivity index (χ0n) is 11.9. The van der Waals surface area contributed by atoms with E-state index in [4.69, 9.17) is 9.84 Å². The molecule has 0 bridgehead atoms. The molecule has 2 unspecified atom stereocenters. The van der Waals surface area contributed by atoms with Gasteiger partial charge < -0.3 is 14.7 Å². The number of carboxylic acids is 1. The van der Waals surface area contributed by atoms with Crippen molar-refractivity contribution in [2.45, 2.75) is 44.2 Å². The molecule has 2 atom stereocenters. The van der Waals surface area contributed by atoms with Crippen LogP contribution in [0.3, 0.4) is 0 Å². The second-order valence-corrected chi connectivity index (χ2v) is 7.86. The normalized spacial score (nSPS) is 28.5. The SMILES string of the molecule is O=C(O)CC1CS(=O)(=O)CCN1C(=O)CCC1CCCO1. The predicted molar refractivity (Wildman–Crippen MR) is 74.6 cm³/mol. The van der Waals surface area contributed by atoms with E-state index in [0.29, 0.717) is 6.42 Å². The van der Waals surface area contributed by atoms with E-state index in [1.165, 1.54) is 4.90 Å². The van der Waals surface area contributed by atoms with Gasteiger partial charge in [-0.2, -0.15) is 0 Å². The number of carbonyl (C=O) groups excluding carboxylic acids is 1. The third kappa shape index (κ3) is 4.67. The zero-order valence-corrected chi connectivity index (χ0v) is 12.7. The third-order valence-electron chi connectivity index (χ3n) is 3.97. The van der Waals surface area contributed by atoms with Crippen molar-refractivity contribution >= 4 is 21.7 Å². The molecule has 7 nitrogen and oxygen atoms in total. The van der Waals surface area contributed by atoms with Crippen LogP contribution in [0.5, 0.6) is 0 Å². The summed E-state index contributed by atoms with van der Waals surface area (Å²) in [7, 11) is -3.26. The Morgan fingerprint density at radius 1 is 1.33 bits per heavy atom. The van der Waals surface area contributed by atoms with Crippen LogP contribution in [0.2, 0.25) is 0 Å². The summed E-state index contributed by atoms with van der Waals surface area (Å²) in [6.45, 7) is 0.813. The highest BCUT2D eigenvalue weighted by molar-refractivity contribution is 7.91. The largest absolute Gasteiger partial charge is 0.481 e. The van der Waals surface area contributed by atoms with Gasteiger partial charge in [0.05, 0.1) is 30.1 Å². The van der Waals surface area contributed by atoms with Crippen molar-refractivity contribution < 1.29 is 27.9 Å². The molecule has 0 aliphatic carbocycles. The molecule has 2 aliphatic heterocycles. The molecule has 2 rings (SSSR count). The lowest BCUT2D eigenvalue weighted by Crippen LogP contribution is -2.52. The lowest BCUT2D eigenvalue weighted by Gasteiger charge is -2.35. The van der Waals surface area contributed by atoms with Crippen molar-refractivity contribution in [3.63, 3.8) is 0 Å². The molecule has 0 saturated carbocycles. The summed E-state index contributed by atoms with van der Waals surface area (Å²) >= 11 is 0. The van der Waals surface area contributed by atoms with Crippen LogP contribution < -0.4 is 0 Å². The fourth-order valence-electron chi connectivity index (χ4n) is 2.89. The zero-order chi connectivity index (χ0) is 15.5. The molecule has 120 valence electrons. The Balaban J connectivity index is 1.94. The van der Waals surface area contributed by atoms with Gasteiger partial charge in [-0.1, -0.05) is 0 Å². The summed E-state index contributed by atoms with van der Waals surface area (Å²) in [5.74, 6) is -1.61. The minimum absolute atomic E-state index is 0.0879. The molecule has 2 saturated heterocycles. The smallest absolute Gasteiger partial charge is 0.305 e. The van der Waals surface area contributed by atoms with E-state index >= 15 is 0 Å². The Labute approximate surface area is 124 Å². The Bertz CT molecular complexity index is 497. The molecule has 2 fully saturated rings. The molecule has 0 aromatic carbocycles. The summed E-state index contributed by atoms with van der Waals surface area (Å²) in [5.41, 5.74) is 0. The highest BCUT2D eigenvalue weighted by atomic mass is 32.2. The van der Waals surface area contributed by atoms with Gasteiger partial charge in [-0.15, -0.1) is 0 Å². The molecule has 0 aromatic heterocycles. The molecule has 8 heteroatoms. The van der Waals surface area contributed by atoms with E-state index in [1.54, 1.807) is 0 Å². The Hall–Kier alpha value is -1.15. The summed E-state index contributed by atoms with van der Waals surface area (Å²) in [5, 5.41) is 8.89. The van der Waals surface area contributed by atoms with Gasteiger partial charge in [0, 0.05) is 19.6 Å². The highest BCUT2D eigenvalue weighted by Crippen LogP contribution is 2.20. The van der Waals surface area contributed by atoms with E-state index in [0.717, 1.165) is 19.4 Å². The lowest BCUT2D eigenvalue weighted by atomic mass is 10.1. The second-order valence-electron chi connectivity index (χ2n) is 5.63. The van der Waals surface area contributed by atoms with Crippen LogP contribution in [0, 0.1) is 0 Å². The van der Waals surface area contributed by atoms with Crippen LogP contribution in [0.15, 0.2) is 0 Å². The van der Waals surface area contributed by atoms with Crippen molar-refractivity contribution in [3.05, 3.63) is 0 Å². The number of hydrogen-bond acceptors (Lipinski definition) is 5. The van der Waals surface area contributed by atoms with Crippen molar-refractivity contribution in [1.29, 1.82) is 0 Å². The van der Waals surface area contributed by atoms with Gasteiger partial charge in [0.1, 0.15) is 0 Å². The summed E-state index contributed by atoms with van der Waals surface area (Å²) in [6, 6.07) is -0.752. The average Bonchev–Trinajstić information content (AvgIpc) is 2.87. The number of carbonyl (C=O) groups is 2. The van der Waals surface area contributed by atoms with Gasteiger partial charge in [0.25, 0.3) is 0 Å². The van der Waals surface area contributed by atoms with Crippen LogP contribution >= 0.6 is 0 Å². The van der Waals surface area contributed by atoms with Crippen molar-refractivity contribution in [3.8, 4) is 0 Å². The maximum Gasteiger partial charge on any atom is 0.305 e. The minimum atomic E-state index is -3.26. The highest BCUT2D eigenvalue weighted by Gasteiger charge is 2.35. The lowest BCUT2D eigenvalue weighted by molar-refractivity contribution is -0.140. The molecule has 0 aromatic rings. The number of sulfone groups is 1. The molecule has 2 heterocycles. The molecular weight excluding hydrogens is 298 g/mol. The third-order valence-corrected chi connectivity index (χ3v) is 5.66. The molecule has 21 heavy (non-hydrogen) atoms.